The maximum absolute atomic E-state index is 15.5. The lowest BCUT2D eigenvalue weighted by molar-refractivity contribution is -0.149. The number of aromatic nitrogens is 2. The van der Waals surface area contributed by atoms with E-state index in [9.17, 15) is 23.7 Å². The number of benzene rings is 1. The maximum atomic E-state index is 15.5. The average Bonchev–Trinajstić information content (AvgIpc) is 3.03. The van der Waals surface area contributed by atoms with Gasteiger partial charge in [-0.15, -0.1) is 0 Å². The quantitative estimate of drug-likeness (QED) is 0.295. The van der Waals surface area contributed by atoms with Crippen molar-refractivity contribution in [3.63, 3.8) is 0 Å². The van der Waals surface area contributed by atoms with Gasteiger partial charge in [0.2, 0.25) is 0 Å². The Morgan fingerprint density at radius 3 is 2.62 bits per heavy atom. The number of hydrogen-bond donors (Lipinski definition) is 3. The van der Waals surface area contributed by atoms with E-state index in [4.69, 9.17) is 24.3 Å². The van der Waals surface area contributed by atoms with Crippen LogP contribution in [0.25, 0.3) is 0 Å². The molecule has 0 aliphatic carbocycles. The zero-order chi connectivity index (χ0) is 27.5. The number of nitrogens with zero attached hydrogens (tertiary/aromatic N) is 2. The number of aliphatic hydroxyl groups excluding tert-OH is 1. The largest absolute Gasteiger partial charge is 0.462 e. The molecule has 2 aromatic rings. The molecule has 0 radical (unpaired) electrons. The van der Waals surface area contributed by atoms with Crippen molar-refractivity contribution in [1.82, 2.24) is 14.6 Å². The first-order valence-electron chi connectivity index (χ1n) is 11.3. The Bertz CT molecular complexity index is 1210. The van der Waals surface area contributed by atoms with Crippen molar-refractivity contribution in [2.45, 2.75) is 63.9 Å². The lowest BCUT2D eigenvalue weighted by Crippen LogP contribution is -2.43. The molecule has 15 heteroatoms. The van der Waals surface area contributed by atoms with Crippen molar-refractivity contribution in [2.75, 3.05) is 12.3 Å². The molecule has 2 heterocycles. The van der Waals surface area contributed by atoms with Crippen LogP contribution in [0.5, 0.6) is 5.75 Å². The number of ether oxygens (including phenoxy) is 2. The number of anilines is 1. The Kier molecular flexibility index (Phi) is 8.70. The van der Waals surface area contributed by atoms with Gasteiger partial charge in [0.15, 0.2) is 23.5 Å². The second-order valence-corrected chi connectivity index (χ2v) is 10.5. The standard InChI is InChI=1S/C22H29F2N4O8P/c1-12(2)34-19(30)13(3)27-37(32,36-14-8-6-5-7-9-14)33-11-16-17(29)22(4,24)20(35-16)28-10-15(23)18(25)26-21(28)31/h5-10,12-13,16-17,20,29H,11H2,1-4H3,(H,27,32)(H2,25,26,31)/t13-,16+,17?,20+,22+,37+/m0/s1. The van der Waals surface area contributed by atoms with Gasteiger partial charge < -0.3 is 24.8 Å². The van der Waals surface area contributed by atoms with Crippen LogP contribution in [0.15, 0.2) is 41.3 Å². The molecule has 3 rings (SSSR count). The molecule has 37 heavy (non-hydrogen) atoms. The molecule has 12 nitrogen and oxygen atoms in total. The zero-order valence-corrected chi connectivity index (χ0v) is 21.4. The van der Waals surface area contributed by atoms with E-state index < -0.39 is 73.9 Å². The number of para-hydroxylation sites is 1. The summed E-state index contributed by atoms with van der Waals surface area (Å²) in [5, 5.41) is 13.0. The van der Waals surface area contributed by atoms with Gasteiger partial charge in [0, 0.05) is 0 Å². The van der Waals surface area contributed by atoms with Crippen molar-refractivity contribution < 1.29 is 41.8 Å². The SMILES string of the molecule is CC(C)OC(=O)[C@H](C)N[P@@](=O)(OC[C@H]1O[C@@H](n2cc(F)c(N)nc2=O)[C@](C)(F)C1O)Oc1ccccc1. The number of hydrogen-bond acceptors (Lipinski definition) is 10. The number of nitrogens with two attached hydrogens (primary N) is 1. The molecule has 1 aromatic carbocycles. The smallest absolute Gasteiger partial charge is 0.459 e. The topological polar surface area (TPSA) is 164 Å². The van der Waals surface area contributed by atoms with Gasteiger partial charge in [0.05, 0.1) is 18.9 Å². The van der Waals surface area contributed by atoms with Crippen LogP contribution in [-0.4, -0.2) is 57.3 Å². The summed E-state index contributed by atoms with van der Waals surface area (Å²) >= 11 is 0. The van der Waals surface area contributed by atoms with Crippen LogP contribution in [0.3, 0.4) is 0 Å². The second-order valence-electron chi connectivity index (χ2n) is 8.82. The molecule has 1 fully saturated rings. The monoisotopic (exact) mass is 546 g/mol. The number of carbonyl (C=O) groups is 1. The first-order valence-corrected chi connectivity index (χ1v) is 12.8. The third kappa shape index (κ3) is 6.70. The number of carbonyl (C=O) groups excluding carboxylic acids is 1. The predicted octanol–water partition coefficient (Wildman–Crippen LogP) is 2.08. The molecule has 1 saturated heterocycles. The molecule has 0 bridgehead atoms. The van der Waals surface area contributed by atoms with Gasteiger partial charge >= 0.3 is 19.4 Å². The minimum Gasteiger partial charge on any atom is -0.462 e. The van der Waals surface area contributed by atoms with Crippen molar-refractivity contribution in [3.8, 4) is 5.75 Å². The van der Waals surface area contributed by atoms with Crippen LogP contribution in [0.4, 0.5) is 14.6 Å². The Balaban J connectivity index is 1.81. The van der Waals surface area contributed by atoms with E-state index in [0.717, 1.165) is 6.92 Å². The van der Waals surface area contributed by atoms with E-state index in [1.165, 1.54) is 19.1 Å². The fourth-order valence-electron chi connectivity index (χ4n) is 3.48. The van der Waals surface area contributed by atoms with Crippen LogP contribution in [-0.2, 0) is 23.4 Å². The Labute approximate surface area is 211 Å². The number of rotatable bonds is 10. The molecule has 1 unspecified atom stereocenters. The molecule has 1 aliphatic heterocycles. The molecule has 0 amide bonds. The highest BCUT2D eigenvalue weighted by Crippen LogP contribution is 2.47. The molecular weight excluding hydrogens is 517 g/mol. The number of nitrogens with one attached hydrogen (secondary N) is 1. The fraction of sp³-hybridized carbons (Fsp3) is 0.500. The first kappa shape index (κ1) is 28.7. The molecule has 0 spiro atoms. The Morgan fingerprint density at radius 1 is 1.35 bits per heavy atom. The summed E-state index contributed by atoms with van der Waals surface area (Å²) in [5.41, 5.74) is 1.54. The Morgan fingerprint density at radius 2 is 2.00 bits per heavy atom. The van der Waals surface area contributed by atoms with Crippen LogP contribution in [0, 0.1) is 5.82 Å². The molecule has 1 aromatic heterocycles. The third-order valence-corrected chi connectivity index (χ3v) is 6.98. The Hall–Kier alpha value is -2.90. The fourth-order valence-corrected chi connectivity index (χ4v) is 4.98. The van der Waals surface area contributed by atoms with Crippen molar-refractivity contribution in [1.29, 1.82) is 0 Å². The van der Waals surface area contributed by atoms with E-state index in [-0.39, 0.29) is 5.75 Å². The van der Waals surface area contributed by atoms with Gasteiger partial charge in [-0.05, 0) is 39.8 Å². The third-order valence-electron chi connectivity index (χ3n) is 5.34. The highest BCUT2D eigenvalue weighted by Gasteiger charge is 2.56. The van der Waals surface area contributed by atoms with Gasteiger partial charge in [0.25, 0.3) is 0 Å². The van der Waals surface area contributed by atoms with Gasteiger partial charge in [0.1, 0.15) is 24.0 Å². The summed E-state index contributed by atoms with van der Waals surface area (Å²) in [6.45, 7) is 4.88. The summed E-state index contributed by atoms with van der Waals surface area (Å²) in [4.78, 5) is 27.7. The summed E-state index contributed by atoms with van der Waals surface area (Å²) in [7, 11) is -4.35. The predicted molar refractivity (Wildman–Crippen MR) is 127 cm³/mol. The minimum absolute atomic E-state index is 0.124. The lowest BCUT2D eigenvalue weighted by atomic mass is 9.98. The van der Waals surface area contributed by atoms with E-state index in [1.54, 1.807) is 32.0 Å². The first-order chi connectivity index (χ1) is 17.2. The van der Waals surface area contributed by atoms with E-state index >= 15 is 4.39 Å². The normalized spacial score (nSPS) is 26.0. The van der Waals surface area contributed by atoms with Gasteiger partial charge in [-0.25, -0.2) is 18.1 Å². The van der Waals surface area contributed by atoms with Crippen LogP contribution in [0.2, 0.25) is 0 Å². The summed E-state index contributed by atoms with van der Waals surface area (Å²) in [6.07, 6.45) is -5.04. The maximum Gasteiger partial charge on any atom is 0.459 e. The number of nitrogen functional groups attached to an aromatic ring is 1. The zero-order valence-electron chi connectivity index (χ0n) is 20.5. The molecular formula is C22H29F2N4O8P. The van der Waals surface area contributed by atoms with E-state index in [2.05, 4.69) is 10.1 Å². The minimum atomic E-state index is -4.35. The van der Waals surface area contributed by atoms with Crippen LogP contribution >= 0.6 is 7.75 Å². The summed E-state index contributed by atoms with van der Waals surface area (Å²) in [5.74, 6) is -2.39. The highest BCUT2D eigenvalue weighted by molar-refractivity contribution is 7.52. The summed E-state index contributed by atoms with van der Waals surface area (Å²) in [6, 6.07) is 6.73. The van der Waals surface area contributed by atoms with Crippen LogP contribution in [0.1, 0.15) is 33.9 Å². The van der Waals surface area contributed by atoms with Crippen molar-refractivity contribution in [3.05, 3.63) is 52.8 Å². The molecule has 1 aliphatic rings. The second kappa shape index (κ2) is 11.2. The highest BCUT2D eigenvalue weighted by atomic mass is 31.2. The van der Waals surface area contributed by atoms with E-state index in [0.29, 0.717) is 10.8 Å². The van der Waals surface area contributed by atoms with E-state index in [1.807, 2.05) is 0 Å². The van der Waals surface area contributed by atoms with Crippen molar-refractivity contribution >= 4 is 19.5 Å². The molecule has 204 valence electrons. The van der Waals surface area contributed by atoms with Crippen LogP contribution < -0.4 is 21.0 Å². The molecule has 6 atom stereocenters. The van der Waals surface area contributed by atoms with Gasteiger partial charge in [-0.3, -0.25) is 13.9 Å². The van der Waals surface area contributed by atoms with Crippen molar-refractivity contribution in [2.24, 2.45) is 0 Å². The molecule has 4 N–H and O–H groups in total. The number of alkyl halides is 1. The number of esters is 1. The van der Waals surface area contributed by atoms with Gasteiger partial charge in [-0.1, -0.05) is 18.2 Å². The lowest BCUT2D eigenvalue weighted by Gasteiger charge is -2.25. The van der Waals surface area contributed by atoms with Gasteiger partial charge in [-0.2, -0.15) is 10.1 Å². The number of aliphatic hydroxyl groups is 1. The average molecular weight is 546 g/mol. The molecule has 0 saturated carbocycles. The summed E-state index contributed by atoms with van der Waals surface area (Å²) < 4.78 is 65.0. The number of halogens is 2.